The van der Waals surface area contributed by atoms with E-state index < -0.39 is 5.97 Å². The first-order valence-electron chi connectivity index (χ1n) is 6.00. The summed E-state index contributed by atoms with van der Waals surface area (Å²) in [6.07, 6.45) is 2.67. The molecular weight excluding hydrogens is 255 g/mol. The van der Waals surface area contributed by atoms with Gasteiger partial charge in [-0.15, -0.1) is 0 Å². The third-order valence-electron chi connectivity index (χ3n) is 2.78. The van der Waals surface area contributed by atoms with Crippen molar-refractivity contribution in [3.63, 3.8) is 0 Å². The van der Waals surface area contributed by atoms with Crippen LogP contribution in [0, 0.1) is 5.82 Å². The van der Waals surface area contributed by atoms with Gasteiger partial charge in [0.25, 0.3) is 0 Å². The van der Waals surface area contributed by atoms with Crippen LogP contribution < -0.4 is 4.74 Å². The second-order valence-electron chi connectivity index (χ2n) is 4.09. The molecule has 3 heteroatoms. The lowest BCUT2D eigenvalue weighted by Crippen LogP contribution is -2.02. The number of carbonyl (C=O) groups excluding carboxylic acids is 1. The van der Waals surface area contributed by atoms with E-state index in [4.69, 9.17) is 4.74 Å². The zero-order valence-electron chi connectivity index (χ0n) is 10.8. The number of ether oxygens (including phenoxy) is 1. The van der Waals surface area contributed by atoms with Crippen molar-refractivity contribution in [1.82, 2.24) is 0 Å². The average molecular weight is 268 g/mol. The molecule has 0 saturated carbocycles. The van der Waals surface area contributed by atoms with Crippen molar-refractivity contribution in [2.45, 2.75) is 0 Å². The van der Waals surface area contributed by atoms with Crippen LogP contribution in [0.2, 0.25) is 0 Å². The molecule has 0 unspecified atom stereocenters. The maximum Gasteiger partial charge on any atom is 0.335 e. The lowest BCUT2D eigenvalue weighted by molar-refractivity contribution is -0.128. The maximum atomic E-state index is 13.9. The fourth-order valence-electron chi connectivity index (χ4n) is 1.75. The van der Waals surface area contributed by atoms with Crippen LogP contribution in [-0.2, 0) is 4.79 Å². The van der Waals surface area contributed by atoms with Crippen molar-refractivity contribution in [2.75, 3.05) is 0 Å². The highest BCUT2D eigenvalue weighted by molar-refractivity contribution is 5.83. The van der Waals surface area contributed by atoms with Crippen molar-refractivity contribution in [3.05, 3.63) is 73.1 Å². The summed E-state index contributed by atoms with van der Waals surface area (Å²) in [4.78, 5) is 11.1. The molecule has 0 aromatic heterocycles. The Hall–Kier alpha value is -2.68. The van der Waals surface area contributed by atoms with Gasteiger partial charge in [0.2, 0.25) is 0 Å². The van der Waals surface area contributed by atoms with Crippen LogP contribution in [0.1, 0.15) is 5.56 Å². The fraction of sp³-hybridized carbons (Fsp3) is 0. The molecule has 2 nitrogen and oxygen atoms in total. The van der Waals surface area contributed by atoms with Crippen LogP contribution >= 0.6 is 0 Å². The first-order chi connectivity index (χ1) is 9.63. The highest BCUT2D eigenvalue weighted by Gasteiger charge is 2.06. The third kappa shape index (κ3) is 3.01. The van der Waals surface area contributed by atoms with Crippen molar-refractivity contribution in [1.29, 1.82) is 0 Å². The zero-order chi connectivity index (χ0) is 14.5. The molecule has 20 heavy (non-hydrogen) atoms. The van der Waals surface area contributed by atoms with Crippen LogP contribution in [0.3, 0.4) is 0 Å². The van der Waals surface area contributed by atoms with Crippen LogP contribution in [0.15, 0.2) is 61.7 Å². The summed E-state index contributed by atoms with van der Waals surface area (Å²) in [7, 11) is 0. The van der Waals surface area contributed by atoms with E-state index in [9.17, 15) is 9.18 Å². The minimum absolute atomic E-state index is 0.321. The third-order valence-corrected chi connectivity index (χ3v) is 2.78. The van der Waals surface area contributed by atoms with Crippen molar-refractivity contribution in [3.8, 4) is 16.9 Å². The second kappa shape index (κ2) is 5.97. The van der Waals surface area contributed by atoms with Crippen molar-refractivity contribution < 1.29 is 13.9 Å². The SMILES string of the molecule is C=CC(=O)Oc1ccc(-c2ccc(C=C)cc2F)cc1. The van der Waals surface area contributed by atoms with Crippen molar-refractivity contribution in [2.24, 2.45) is 0 Å². The zero-order valence-corrected chi connectivity index (χ0v) is 10.8. The summed E-state index contributed by atoms with van der Waals surface area (Å²) in [5, 5.41) is 0. The van der Waals surface area contributed by atoms with E-state index in [0.717, 1.165) is 11.6 Å². The topological polar surface area (TPSA) is 26.3 Å². The molecule has 0 amide bonds. The van der Waals surface area contributed by atoms with Gasteiger partial charge in [0, 0.05) is 11.6 Å². The van der Waals surface area contributed by atoms with Gasteiger partial charge in [-0.25, -0.2) is 9.18 Å². The summed E-state index contributed by atoms with van der Waals surface area (Å²) in [5.41, 5.74) is 1.91. The Morgan fingerprint density at radius 3 is 2.35 bits per heavy atom. The first kappa shape index (κ1) is 13.7. The van der Waals surface area contributed by atoms with E-state index in [-0.39, 0.29) is 5.82 Å². The second-order valence-corrected chi connectivity index (χ2v) is 4.09. The number of rotatable bonds is 4. The minimum atomic E-state index is -0.528. The molecule has 0 bridgehead atoms. The molecule has 2 aromatic rings. The molecule has 2 aromatic carbocycles. The van der Waals surface area contributed by atoms with Gasteiger partial charge in [-0.2, -0.15) is 0 Å². The standard InChI is InChI=1S/C17H13FO2/c1-3-12-5-10-15(16(18)11-12)13-6-8-14(9-7-13)20-17(19)4-2/h3-11H,1-2H2. The molecule has 0 radical (unpaired) electrons. The van der Waals surface area contributed by atoms with E-state index in [1.54, 1.807) is 42.5 Å². The summed E-state index contributed by atoms with van der Waals surface area (Å²) >= 11 is 0. The van der Waals surface area contributed by atoms with Gasteiger partial charge in [-0.3, -0.25) is 0 Å². The van der Waals surface area contributed by atoms with Gasteiger partial charge in [0.1, 0.15) is 11.6 Å². The van der Waals surface area contributed by atoms with Gasteiger partial charge >= 0.3 is 5.97 Å². The Labute approximate surface area is 116 Å². The Morgan fingerprint density at radius 2 is 1.80 bits per heavy atom. The highest BCUT2D eigenvalue weighted by atomic mass is 19.1. The van der Waals surface area contributed by atoms with Crippen LogP contribution in [0.4, 0.5) is 4.39 Å². The summed E-state index contributed by atoms with van der Waals surface area (Å²) in [5.74, 6) is -0.459. The molecule has 0 spiro atoms. The number of benzene rings is 2. The number of hydrogen-bond donors (Lipinski definition) is 0. The lowest BCUT2D eigenvalue weighted by atomic mass is 10.0. The van der Waals surface area contributed by atoms with E-state index in [2.05, 4.69) is 13.2 Å². The van der Waals surface area contributed by atoms with Gasteiger partial charge in [-0.1, -0.05) is 43.5 Å². The highest BCUT2D eigenvalue weighted by Crippen LogP contribution is 2.26. The predicted molar refractivity (Wildman–Crippen MR) is 77.8 cm³/mol. The van der Waals surface area contributed by atoms with Crippen LogP contribution in [0.5, 0.6) is 5.75 Å². The Bertz CT molecular complexity index is 657. The molecule has 0 atom stereocenters. The summed E-state index contributed by atoms with van der Waals surface area (Å²) < 4.78 is 18.9. The van der Waals surface area contributed by atoms with E-state index in [1.165, 1.54) is 6.07 Å². The largest absolute Gasteiger partial charge is 0.423 e. The first-order valence-corrected chi connectivity index (χ1v) is 6.00. The van der Waals surface area contributed by atoms with Gasteiger partial charge in [0.15, 0.2) is 0 Å². The molecule has 0 N–H and O–H groups in total. The molecule has 0 aliphatic carbocycles. The maximum absolute atomic E-state index is 13.9. The fourth-order valence-corrected chi connectivity index (χ4v) is 1.75. The molecule has 100 valence electrons. The molecule has 0 saturated heterocycles. The normalized spacial score (nSPS) is 9.85. The number of hydrogen-bond acceptors (Lipinski definition) is 2. The number of esters is 1. The van der Waals surface area contributed by atoms with Crippen molar-refractivity contribution >= 4 is 12.0 Å². The minimum Gasteiger partial charge on any atom is -0.423 e. The van der Waals surface area contributed by atoms with Gasteiger partial charge < -0.3 is 4.74 Å². The molecule has 0 aliphatic heterocycles. The average Bonchev–Trinajstić information content (AvgIpc) is 2.48. The van der Waals surface area contributed by atoms with E-state index >= 15 is 0 Å². The summed E-state index contributed by atoms with van der Waals surface area (Å²) in [6, 6.07) is 11.5. The molecule has 0 heterocycles. The van der Waals surface area contributed by atoms with Gasteiger partial charge in [0.05, 0.1) is 0 Å². The quantitative estimate of drug-likeness (QED) is 0.471. The molecule has 0 aliphatic rings. The summed E-state index contributed by atoms with van der Waals surface area (Å²) in [6.45, 7) is 6.92. The molecular formula is C17H13FO2. The number of halogens is 1. The monoisotopic (exact) mass is 268 g/mol. The predicted octanol–water partition coefficient (Wildman–Crippen LogP) is 4.23. The Balaban J connectivity index is 2.28. The lowest BCUT2D eigenvalue weighted by Gasteiger charge is -2.06. The molecule has 2 rings (SSSR count). The smallest absolute Gasteiger partial charge is 0.335 e. The van der Waals surface area contributed by atoms with Crippen LogP contribution in [0.25, 0.3) is 17.2 Å². The Morgan fingerprint density at radius 1 is 1.10 bits per heavy atom. The van der Waals surface area contributed by atoms with Crippen LogP contribution in [-0.4, -0.2) is 5.97 Å². The van der Waals surface area contributed by atoms with E-state index in [1.807, 2.05) is 0 Å². The molecule has 0 fully saturated rings. The van der Waals surface area contributed by atoms with E-state index in [0.29, 0.717) is 16.9 Å². The van der Waals surface area contributed by atoms with Gasteiger partial charge in [-0.05, 0) is 29.3 Å². The Kier molecular flexibility index (Phi) is 4.11. The number of carbonyl (C=O) groups is 1.